The van der Waals surface area contributed by atoms with Gasteiger partial charge >= 0.3 is 0 Å². The van der Waals surface area contributed by atoms with Crippen LogP contribution in [-0.2, 0) is 11.3 Å². The number of benzene rings is 1. The number of hydrogen-bond acceptors (Lipinski definition) is 4. The lowest BCUT2D eigenvalue weighted by atomic mass is 9.95. The van der Waals surface area contributed by atoms with E-state index in [2.05, 4.69) is 10.2 Å². The van der Waals surface area contributed by atoms with E-state index in [1.54, 1.807) is 7.05 Å². The Balaban J connectivity index is 1.97. The van der Waals surface area contributed by atoms with Gasteiger partial charge in [0.05, 0.1) is 6.61 Å². The Labute approximate surface area is 126 Å². The maximum absolute atomic E-state index is 11.6. The molecule has 5 heteroatoms. The zero-order chi connectivity index (χ0) is 15.2. The van der Waals surface area contributed by atoms with Gasteiger partial charge in [-0.1, -0.05) is 0 Å². The molecule has 0 bridgehead atoms. The van der Waals surface area contributed by atoms with Crippen molar-refractivity contribution in [2.45, 2.75) is 26.3 Å². The molecule has 2 rings (SSSR count). The van der Waals surface area contributed by atoms with E-state index in [1.165, 1.54) is 0 Å². The van der Waals surface area contributed by atoms with Crippen molar-refractivity contribution in [1.82, 2.24) is 10.2 Å². The van der Waals surface area contributed by atoms with E-state index >= 15 is 0 Å². The Morgan fingerprint density at radius 2 is 2.14 bits per heavy atom. The van der Waals surface area contributed by atoms with Crippen molar-refractivity contribution >= 4 is 11.6 Å². The smallest absolute Gasteiger partial charge is 0.222 e. The van der Waals surface area contributed by atoms with Crippen LogP contribution >= 0.6 is 0 Å². The van der Waals surface area contributed by atoms with Crippen molar-refractivity contribution in [2.24, 2.45) is 5.92 Å². The molecule has 0 aliphatic carbocycles. The van der Waals surface area contributed by atoms with Gasteiger partial charge in [0.15, 0.2) is 0 Å². The number of nitrogens with one attached hydrogen (secondary N) is 1. The predicted octanol–water partition coefficient (Wildman–Crippen LogP) is 1.63. The Morgan fingerprint density at radius 1 is 1.43 bits per heavy atom. The van der Waals surface area contributed by atoms with E-state index in [-0.39, 0.29) is 11.8 Å². The number of carbonyl (C=O) groups excluding carboxylic acids is 1. The number of amides is 1. The summed E-state index contributed by atoms with van der Waals surface area (Å²) in [5, 5.41) is 2.74. The molecule has 116 valence electrons. The summed E-state index contributed by atoms with van der Waals surface area (Å²) in [7, 11) is 1.70. The molecule has 1 saturated heterocycles. The zero-order valence-corrected chi connectivity index (χ0v) is 12.9. The first-order valence-corrected chi connectivity index (χ1v) is 7.59. The highest BCUT2D eigenvalue weighted by molar-refractivity contribution is 5.78. The lowest BCUT2D eigenvalue weighted by molar-refractivity contribution is -0.125. The topological polar surface area (TPSA) is 67.6 Å². The van der Waals surface area contributed by atoms with Gasteiger partial charge in [0.1, 0.15) is 5.75 Å². The van der Waals surface area contributed by atoms with Crippen LogP contribution in [0.2, 0.25) is 0 Å². The summed E-state index contributed by atoms with van der Waals surface area (Å²) < 4.78 is 5.66. The van der Waals surface area contributed by atoms with Crippen LogP contribution < -0.4 is 15.8 Å². The second kappa shape index (κ2) is 7.31. The molecule has 1 fully saturated rings. The summed E-state index contributed by atoms with van der Waals surface area (Å²) in [6.07, 6.45) is 1.82. The van der Waals surface area contributed by atoms with E-state index in [0.717, 1.165) is 49.5 Å². The van der Waals surface area contributed by atoms with Gasteiger partial charge in [-0.15, -0.1) is 0 Å². The van der Waals surface area contributed by atoms with Gasteiger partial charge in [-0.2, -0.15) is 0 Å². The number of likely N-dealkylation sites (tertiary alicyclic amines) is 1. The van der Waals surface area contributed by atoms with Gasteiger partial charge in [-0.05, 0) is 51.1 Å². The summed E-state index contributed by atoms with van der Waals surface area (Å²) in [6, 6.07) is 5.79. The minimum Gasteiger partial charge on any atom is -0.494 e. The van der Waals surface area contributed by atoms with Crippen molar-refractivity contribution in [2.75, 3.05) is 32.5 Å². The first-order valence-electron chi connectivity index (χ1n) is 7.59. The predicted molar refractivity (Wildman–Crippen MR) is 84.1 cm³/mol. The number of piperidine rings is 1. The summed E-state index contributed by atoms with van der Waals surface area (Å²) in [6.45, 7) is 5.31. The molecular weight excluding hydrogens is 266 g/mol. The van der Waals surface area contributed by atoms with Crippen molar-refractivity contribution in [3.8, 4) is 5.75 Å². The molecule has 0 unspecified atom stereocenters. The van der Waals surface area contributed by atoms with E-state index in [1.807, 2.05) is 25.1 Å². The number of hydrogen-bond donors (Lipinski definition) is 2. The van der Waals surface area contributed by atoms with E-state index in [4.69, 9.17) is 10.5 Å². The average Bonchev–Trinajstić information content (AvgIpc) is 2.50. The van der Waals surface area contributed by atoms with Gasteiger partial charge in [-0.25, -0.2) is 0 Å². The average molecular weight is 291 g/mol. The third-order valence-electron chi connectivity index (χ3n) is 3.98. The fourth-order valence-electron chi connectivity index (χ4n) is 2.82. The minimum atomic E-state index is 0.151. The molecular formula is C16H25N3O2. The number of rotatable bonds is 5. The Morgan fingerprint density at radius 3 is 2.76 bits per heavy atom. The van der Waals surface area contributed by atoms with Crippen LogP contribution in [0.3, 0.4) is 0 Å². The summed E-state index contributed by atoms with van der Waals surface area (Å²) >= 11 is 0. The SMILES string of the molecule is CCOc1ccc(N)cc1CN1CCC(C(=O)NC)CC1. The number of carbonyl (C=O) groups is 1. The number of nitrogens with zero attached hydrogens (tertiary/aromatic N) is 1. The quantitative estimate of drug-likeness (QED) is 0.809. The van der Waals surface area contributed by atoms with Gasteiger partial charge in [-0.3, -0.25) is 9.69 Å². The molecule has 1 heterocycles. The van der Waals surface area contributed by atoms with Crippen molar-refractivity contribution < 1.29 is 9.53 Å². The Hall–Kier alpha value is -1.75. The Kier molecular flexibility index (Phi) is 5.44. The molecule has 1 aliphatic rings. The third-order valence-corrected chi connectivity index (χ3v) is 3.98. The number of anilines is 1. The lowest BCUT2D eigenvalue weighted by Gasteiger charge is -2.31. The monoisotopic (exact) mass is 291 g/mol. The highest BCUT2D eigenvalue weighted by atomic mass is 16.5. The van der Waals surface area contributed by atoms with Gasteiger partial charge in [0, 0.05) is 30.8 Å². The number of nitrogen functional groups attached to an aromatic ring is 1. The Bertz CT molecular complexity index is 482. The molecule has 0 spiro atoms. The van der Waals surface area contributed by atoms with Crippen LogP contribution in [0.5, 0.6) is 5.75 Å². The molecule has 5 nitrogen and oxygen atoms in total. The standard InChI is InChI=1S/C16H25N3O2/c1-3-21-15-5-4-14(17)10-13(15)11-19-8-6-12(7-9-19)16(20)18-2/h4-5,10,12H,3,6-9,11,17H2,1-2H3,(H,18,20). The highest BCUT2D eigenvalue weighted by Gasteiger charge is 2.24. The highest BCUT2D eigenvalue weighted by Crippen LogP contribution is 2.25. The molecule has 0 saturated carbocycles. The lowest BCUT2D eigenvalue weighted by Crippen LogP contribution is -2.39. The van der Waals surface area contributed by atoms with Gasteiger partial charge < -0.3 is 15.8 Å². The number of ether oxygens (including phenoxy) is 1. The van der Waals surface area contributed by atoms with E-state index in [0.29, 0.717) is 6.61 Å². The molecule has 3 N–H and O–H groups in total. The van der Waals surface area contributed by atoms with Crippen molar-refractivity contribution in [3.05, 3.63) is 23.8 Å². The summed E-state index contributed by atoms with van der Waals surface area (Å²) in [5.41, 5.74) is 7.76. The molecule has 1 aromatic rings. The first-order chi connectivity index (χ1) is 10.1. The van der Waals surface area contributed by atoms with Gasteiger partial charge in [0.25, 0.3) is 0 Å². The summed E-state index contributed by atoms with van der Waals surface area (Å²) in [5.74, 6) is 1.21. The fraction of sp³-hybridized carbons (Fsp3) is 0.562. The molecule has 1 aromatic carbocycles. The molecule has 1 amide bonds. The van der Waals surface area contributed by atoms with Crippen LogP contribution in [0.25, 0.3) is 0 Å². The van der Waals surface area contributed by atoms with Gasteiger partial charge in [0.2, 0.25) is 5.91 Å². The number of nitrogens with two attached hydrogens (primary N) is 1. The van der Waals surface area contributed by atoms with Crippen molar-refractivity contribution in [3.63, 3.8) is 0 Å². The van der Waals surface area contributed by atoms with Crippen LogP contribution in [-0.4, -0.2) is 37.6 Å². The normalized spacial score (nSPS) is 16.7. The van der Waals surface area contributed by atoms with Crippen LogP contribution in [0.15, 0.2) is 18.2 Å². The molecule has 0 radical (unpaired) electrons. The van der Waals surface area contributed by atoms with Crippen LogP contribution in [0, 0.1) is 5.92 Å². The van der Waals surface area contributed by atoms with Crippen LogP contribution in [0.1, 0.15) is 25.3 Å². The largest absolute Gasteiger partial charge is 0.494 e. The molecule has 0 aromatic heterocycles. The molecule has 21 heavy (non-hydrogen) atoms. The second-order valence-corrected chi connectivity index (χ2v) is 5.46. The van der Waals surface area contributed by atoms with E-state index < -0.39 is 0 Å². The minimum absolute atomic E-state index is 0.151. The third kappa shape index (κ3) is 4.11. The fourth-order valence-corrected chi connectivity index (χ4v) is 2.82. The second-order valence-electron chi connectivity index (χ2n) is 5.46. The summed E-state index contributed by atoms with van der Waals surface area (Å²) in [4.78, 5) is 14.0. The zero-order valence-electron chi connectivity index (χ0n) is 12.9. The van der Waals surface area contributed by atoms with Crippen LogP contribution in [0.4, 0.5) is 5.69 Å². The first kappa shape index (κ1) is 15.6. The van der Waals surface area contributed by atoms with Crippen molar-refractivity contribution in [1.29, 1.82) is 0 Å². The van der Waals surface area contributed by atoms with E-state index in [9.17, 15) is 4.79 Å². The molecule has 0 atom stereocenters. The maximum Gasteiger partial charge on any atom is 0.222 e. The molecule has 1 aliphatic heterocycles. The maximum atomic E-state index is 11.6.